The van der Waals surface area contributed by atoms with Gasteiger partial charge in [-0.1, -0.05) is 0 Å². The number of methoxy groups -OCH3 is 1. The lowest BCUT2D eigenvalue weighted by atomic mass is 9.92. The zero-order valence-electron chi connectivity index (χ0n) is 11.7. The van der Waals surface area contributed by atoms with Gasteiger partial charge in [0.1, 0.15) is 0 Å². The fourth-order valence-electron chi connectivity index (χ4n) is 2.55. The van der Waals surface area contributed by atoms with Crippen LogP contribution in [0.3, 0.4) is 0 Å². The molecule has 1 fully saturated rings. The standard InChI is InChI=1S/C14H21NO5/c1-20-14(17)7-5-3-2-4-6-12-11(10-15(18)19)8-9-13(12)16/h11-13,16H,3,5-10H2,1H3. The summed E-state index contributed by atoms with van der Waals surface area (Å²) in [6, 6.07) is 0. The van der Waals surface area contributed by atoms with E-state index >= 15 is 0 Å². The van der Waals surface area contributed by atoms with Crippen LogP contribution in [0.5, 0.6) is 0 Å². The normalized spacial score (nSPS) is 24.8. The Morgan fingerprint density at radius 3 is 2.85 bits per heavy atom. The van der Waals surface area contributed by atoms with E-state index in [9.17, 15) is 20.0 Å². The molecule has 20 heavy (non-hydrogen) atoms. The molecule has 3 unspecified atom stereocenters. The van der Waals surface area contributed by atoms with Gasteiger partial charge in [-0.15, -0.1) is 11.8 Å². The summed E-state index contributed by atoms with van der Waals surface area (Å²) in [5, 5.41) is 20.4. The molecule has 1 aliphatic carbocycles. The summed E-state index contributed by atoms with van der Waals surface area (Å²) >= 11 is 0. The molecule has 0 aliphatic heterocycles. The largest absolute Gasteiger partial charge is 0.469 e. The smallest absolute Gasteiger partial charge is 0.305 e. The summed E-state index contributed by atoms with van der Waals surface area (Å²) in [7, 11) is 1.35. The summed E-state index contributed by atoms with van der Waals surface area (Å²) in [5.74, 6) is 5.49. The summed E-state index contributed by atoms with van der Waals surface area (Å²) in [6.07, 6.45) is 2.90. The van der Waals surface area contributed by atoms with Crippen LogP contribution >= 0.6 is 0 Å². The van der Waals surface area contributed by atoms with Gasteiger partial charge in [0.05, 0.1) is 13.2 Å². The van der Waals surface area contributed by atoms with Crippen molar-refractivity contribution in [1.29, 1.82) is 0 Å². The van der Waals surface area contributed by atoms with E-state index in [2.05, 4.69) is 16.6 Å². The molecule has 3 atom stereocenters. The minimum Gasteiger partial charge on any atom is -0.469 e. The molecular weight excluding hydrogens is 262 g/mol. The highest BCUT2D eigenvalue weighted by Gasteiger charge is 2.37. The number of aliphatic hydroxyl groups is 1. The molecule has 0 spiro atoms. The Bertz CT molecular complexity index is 398. The van der Waals surface area contributed by atoms with Crippen molar-refractivity contribution >= 4 is 5.97 Å². The summed E-state index contributed by atoms with van der Waals surface area (Å²) in [5.41, 5.74) is 0. The molecule has 0 aromatic rings. The van der Waals surface area contributed by atoms with Crippen molar-refractivity contribution < 1.29 is 19.6 Å². The molecular formula is C14H21NO5. The van der Waals surface area contributed by atoms with Crippen molar-refractivity contribution in [1.82, 2.24) is 0 Å². The van der Waals surface area contributed by atoms with Gasteiger partial charge in [-0.25, -0.2) is 0 Å². The molecule has 6 heteroatoms. The van der Waals surface area contributed by atoms with E-state index in [1.165, 1.54) is 7.11 Å². The Kier molecular flexibility index (Phi) is 7.02. The van der Waals surface area contributed by atoms with E-state index in [1.807, 2.05) is 0 Å². The lowest BCUT2D eigenvalue weighted by molar-refractivity contribution is -0.489. The number of esters is 1. The minimum absolute atomic E-state index is 0.0793. The second-order valence-corrected chi connectivity index (χ2v) is 5.07. The molecule has 0 amide bonds. The van der Waals surface area contributed by atoms with Crippen LogP contribution in [0.2, 0.25) is 0 Å². The van der Waals surface area contributed by atoms with Crippen LogP contribution in [0.1, 0.15) is 38.5 Å². The average molecular weight is 283 g/mol. The second-order valence-electron chi connectivity index (χ2n) is 5.07. The maximum absolute atomic E-state index is 10.9. The number of ether oxygens (including phenoxy) is 1. The van der Waals surface area contributed by atoms with Crippen LogP contribution in [-0.4, -0.2) is 35.8 Å². The van der Waals surface area contributed by atoms with Gasteiger partial charge < -0.3 is 9.84 Å². The first-order chi connectivity index (χ1) is 9.54. The fraction of sp³-hybridized carbons (Fsp3) is 0.786. The first-order valence-electron chi connectivity index (χ1n) is 6.87. The van der Waals surface area contributed by atoms with Crippen LogP contribution in [-0.2, 0) is 9.53 Å². The van der Waals surface area contributed by atoms with Gasteiger partial charge in [-0.05, 0) is 19.3 Å². The molecule has 112 valence electrons. The summed E-state index contributed by atoms with van der Waals surface area (Å²) in [6.45, 7) is -0.0915. The first kappa shape index (κ1) is 16.4. The predicted molar refractivity (Wildman–Crippen MR) is 72.3 cm³/mol. The van der Waals surface area contributed by atoms with Crippen LogP contribution in [0.25, 0.3) is 0 Å². The monoisotopic (exact) mass is 283 g/mol. The van der Waals surface area contributed by atoms with Gasteiger partial charge in [-0.2, -0.15) is 0 Å². The van der Waals surface area contributed by atoms with Crippen molar-refractivity contribution in [2.75, 3.05) is 13.7 Å². The molecule has 6 nitrogen and oxygen atoms in total. The lowest BCUT2D eigenvalue weighted by Gasteiger charge is -2.16. The molecule has 0 aromatic carbocycles. The van der Waals surface area contributed by atoms with Gasteiger partial charge >= 0.3 is 5.97 Å². The number of hydrogen-bond donors (Lipinski definition) is 1. The Hall–Kier alpha value is -1.61. The average Bonchev–Trinajstić information content (AvgIpc) is 2.74. The number of rotatable bonds is 6. The predicted octanol–water partition coefficient (Wildman–Crippen LogP) is 1.39. The molecule has 1 aliphatic rings. The van der Waals surface area contributed by atoms with Gasteiger partial charge in [0, 0.05) is 36.0 Å². The number of carbonyl (C=O) groups is 1. The zero-order valence-corrected chi connectivity index (χ0v) is 11.7. The molecule has 0 saturated heterocycles. The van der Waals surface area contributed by atoms with E-state index in [4.69, 9.17) is 0 Å². The third-order valence-electron chi connectivity index (χ3n) is 3.69. The van der Waals surface area contributed by atoms with E-state index in [0.29, 0.717) is 38.5 Å². The van der Waals surface area contributed by atoms with E-state index < -0.39 is 6.10 Å². The van der Waals surface area contributed by atoms with Crippen molar-refractivity contribution in [2.45, 2.75) is 44.6 Å². The van der Waals surface area contributed by atoms with Crippen LogP contribution in [0.15, 0.2) is 0 Å². The number of hydrogen-bond acceptors (Lipinski definition) is 5. The van der Waals surface area contributed by atoms with E-state index in [0.717, 1.165) is 0 Å². The summed E-state index contributed by atoms with van der Waals surface area (Å²) < 4.78 is 4.52. The topological polar surface area (TPSA) is 89.7 Å². The van der Waals surface area contributed by atoms with Crippen molar-refractivity contribution in [3.8, 4) is 11.8 Å². The van der Waals surface area contributed by atoms with Crippen molar-refractivity contribution in [2.24, 2.45) is 11.8 Å². The lowest BCUT2D eigenvalue weighted by Crippen LogP contribution is -2.24. The third kappa shape index (κ3) is 5.57. The van der Waals surface area contributed by atoms with Crippen LogP contribution in [0, 0.1) is 33.8 Å². The summed E-state index contributed by atoms with van der Waals surface area (Å²) in [4.78, 5) is 21.1. The Morgan fingerprint density at radius 2 is 2.20 bits per heavy atom. The van der Waals surface area contributed by atoms with Gasteiger partial charge in [0.2, 0.25) is 6.54 Å². The minimum atomic E-state index is -0.482. The highest BCUT2D eigenvalue weighted by molar-refractivity contribution is 5.69. The Balaban J connectivity index is 2.31. The highest BCUT2D eigenvalue weighted by atomic mass is 16.6. The Morgan fingerprint density at radius 1 is 1.45 bits per heavy atom. The molecule has 0 aromatic heterocycles. The third-order valence-corrected chi connectivity index (χ3v) is 3.69. The number of nitrogens with zero attached hydrogens (tertiary/aromatic N) is 1. The number of aliphatic hydroxyl groups excluding tert-OH is 1. The second kappa shape index (κ2) is 8.54. The van der Waals surface area contributed by atoms with Crippen LogP contribution in [0.4, 0.5) is 0 Å². The quantitative estimate of drug-likeness (QED) is 0.261. The van der Waals surface area contributed by atoms with Gasteiger partial charge in [-0.3, -0.25) is 14.9 Å². The van der Waals surface area contributed by atoms with Crippen LogP contribution < -0.4 is 0 Å². The fourth-order valence-corrected chi connectivity index (χ4v) is 2.55. The number of carbonyl (C=O) groups excluding carboxylic acids is 1. The van der Waals surface area contributed by atoms with Crippen molar-refractivity contribution in [3.63, 3.8) is 0 Å². The van der Waals surface area contributed by atoms with E-state index in [1.54, 1.807) is 0 Å². The van der Waals surface area contributed by atoms with Crippen molar-refractivity contribution in [3.05, 3.63) is 10.1 Å². The molecule has 0 radical (unpaired) electrons. The molecule has 1 N–H and O–H groups in total. The SMILES string of the molecule is COC(=O)CCCC#CCC1C(O)CCC1C[N+](=O)[O-]. The molecule has 0 bridgehead atoms. The molecule has 0 heterocycles. The first-order valence-corrected chi connectivity index (χ1v) is 6.87. The number of unbranched alkanes of at least 4 members (excludes halogenated alkanes) is 1. The van der Waals surface area contributed by atoms with Gasteiger partial charge in [0.25, 0.3) is 0 Å². The molecule has 1 rings (SSSR count). The van der Waals surface area contributed by atoms with E-state index in [-0.39, 0.29) is 29.3 Å². The Labute approximate surface area is 118 Å². The van der Waals surface area contributed by atoms with Gasteiger partial charge in [0.15, 0.2) is 0 Å². The maximum atomic E-state index is 10.9. The maximum Gasteiger partial charge on any atom is 0.305 e. The molecule has 1 saturated carbocycles. The number of nitro groups is 1. The highest BCUT2D eigenvalue weighted by Crippen LogP contribution is 2.34. The zero-order chi connectivity index (χ0) is 15.0.